The van der Waals surface area contributed by atoms with E-state index in [0.717, 1.165) is 6.42 Å². The molecule has 0 saturated heterocycles. The maximum absolute atomic E-state index is 11.3. The van der Waals surface area contributed by atoms with Crippen LogP contribution in [0.5, 0.6) is 0 Å². The second kappa shape index (κ2) is 6.27. The molecule has 2 atom stereocenters. The van der Waals surface area contributed by atoms with Gasteiger partial charge in [-0.15, -0.1) is 0 Å². The van der Waals surface area contributed by atoms with Crippen LogP contribution in [0, 0.1) is 5.92 Å². The number of amides is 2. The lowest BCUT2D eigenvalue weighted by molar-refractivity contribution is -0.138. The van der Waals surface area contributed by atoms with Gasteiger partial charge in [0.1, 0.15) is 6.04 Å². The van der Waals surface area contributed by atoms with E-state index < -0.39 is 18.0 Å². The van der Waals surface area contributed by atoms with Gasteiger partial charge in [-0.3, -0.25) is 4.79 Å². The summed E-state index contributed by atoms with van der Waals surface area (Å²) in [5, 5.41) is 13.7. The maximum Gasteiger partial charge on any atom is 0.325 e. The molecule has 2 amide bonds. The van der Waals surface area contributed by atoms with Crippen molar-refractivity contribution in [3.05, 3.63) is 0 Å². The molecular weight excluding hydrogens is 196 g/mol. The Balaban J connectivity index is 4.07. The van der Waals surface area contributed by atoms with Crippen LogP contribution < -0.4 is 10.6 Å². The lowest BCUT2D eigenvalue weighted by Crippen LogP contribution is -2.49. The summed E-state index contributed by atoms with van der Waals surface area (Å²) in [7, 11) is 0. The van der Waals surface area contributed by atoms with Crippen molar-refractivity contribution in [2.45, 2.75) is 46.2 Å². The van der Waals surface area contributed by atoms with Crippen LogP contribution in [-0.2, 0) is 4.79 Å². The van der Waals surface area contributed by atoms with E-state index >= 15 is 0 Å². The Morgan fingerprint density at radius 2 is 1.73 bits per heavy atom. The fraction of sp³-hybridized carbons (Fsp3) is 0.800. The normalized spacial score (nSPS) is 14.5. The molecular formula is C10H20N2O3. The molecule has 0 heterocycles. The minimum atomic E-state index is -1.04. The Hall–Kier alpha value is -1.26. The van der Waals surface area contributed by atoms with Crippen molar-refractivity contribution < 1.29 is 14.7 Å². The maximum atomic E-state index is 11.3. The Morgan fingerprint density at radius 3 is 2.07 bits per heavy atom. The van der Waals surface area contributed by atoms with E-state index in [4.69, 9.17) is 5.11 Å². The third kappa shape index (κ3) is 5.24. The molecule has 3 N–H and O–H groups in total. The smallest absolute Gasteiger partial charge is 0.325 e. The van der Waals surface area contributed by atoms with E-state index in [2.05, 4.69) is 10.6 Å². The van der Waals surface area contributed by atoms with Gasteiger partial charge in [0.15, 0.2) is 0 Å². The van der Waals surface area contributed by atoms with Crippen molar-refractivity contribution in [3.8, 4) is 0 Å². The molecule has 0 aromatic heterocycles. The predicted molar refractivity (Wildman–Crippen MR) is 57.7 cm³/mol. The zero-order valence-electron chi connectivity index (χ0n) is 9.70. The van der Waals surface area contributed by atoms with Gasteiger partial charge >= 0.3 is 12.0 Å². The third-order valence-electron chi connectivity index (χ3n) is 2.28. The predicted octanol–water partition coefficient (Wildman–Crippen LogP) is 1.19. The molecule has 0 aromatic rings. The van der Waals surface area contributed by atoms with Gasteiger partial charge in [-0.25, -0.2) is 4.79 Å². The quantitative estimate of drug-likeness (QED) is 0.646. The number of urea groups is 1. The summed E-state index contributed by atoms with van der Waals surface area (Å²) in [6, 6.07) is -1.22. The van der Waals surface area contributed by atoms with Gasteiger partial charge in [0, 0.05) is 6.04 Å². The Morgan fingerprint density at radius 1 is 1.20 bits per heavy atom. The molecule has 88 valence electrons. The number of rotatable bonds is 5. The van der Waals surface area contributed by atoms with E-state index in [1.807, 2.05) is 20.8 Å². The standard InChI is InChI=1S/C10H20N2O3/c1-5-8(6(2)3)12-10(15)11-7(4)9(13)14/h6-8H,5H2,1-4H3,(H,13,14)(H2,11,12,15)/t7-,8?/m0/s1. The zero-order valence-corrected chi connectivity index (χ0v) is 9.70. The molecule has 0 fully saturated rings. The van der Waals surface area contributed by atoms with Gasteiger partial charge in [-0.2, -0.15) is 0 Å². The molecule has 0 rings (SSSR count). The molecule has 5 nitrogen and oxygen atoms in total. The van der Waals surface area contributed by atoms with Crippen molar-refractivity contribution in [2.24, 2.45) is 5.92 Å². The molecule has 0 aromatic carbocycles. The van der Waals surface area contributed by atoms with Crippen LogP contribution in [0.25, 0.3) is 0 Å². The zero-order chi connectivity index (χ0) is 12.0. The van der Waals surface area contributed by atoms with Crippen molar-refractivity contribution in [3.63, 3.8) is 0 Å². The fourth-order valence-corrected chi connectivity index (χ4v) is 1.21. The summed E-state index contributed by atoms with van der Waals surface area (Å²) in [6.45, 7) is 7.42. The second-order valence-electron chi connectivity index (χ2n) is 3.94. The molecule has 0 radical (unpaired) electrons. The first kappa shape index (κ1) is 13.7. The molecule has 0 saturated carbocycles. The van der Waals surface area contributed by atoms with E-state index in [1.165, 1.54) is 6.92 Å². The van der Waals surface area contributed by atoms with E-state index in [0.29, 0.717) is 5.92 Å². The summed E-state index contributed by atoms with van der Waals surface area (Å²) in [5.74, 6) is -0.705. The average molecular weight is 216 g/mol. The SMILES string of the molecule is CCC(NC(=O)N[C@@H](C)C(=O)O)C(C)C. The largest absolute Gasteiger partial charge is 0.480 e. The first-order valence-electron chi connectivity index (χ1n) is 5.18. The van der Waals surface area contributed by atoms with Gasteiger partial charge in [0.05, 0.1) is 0 Å². The molecule has 0 spiro atoms. The van der Waals surface area contributed by atoms with E-state index in [9.17, 15) is 9.59 Å². The first-order chi connectivity index (χ1) is 6.88. The van der Waals surface area contributed by atoms with Crippen LogP contribution in [-0.4, -0.2) is 29.2 Å². The Labute approximate surface area is 90.2 Å². The summed E-state index contributed by atoms with van der Waals surface area (Å²) in [5.41, 5.74) is 0. The molecule has 5 heteroatoms. The van der Waals surface area contributed by atoms with Gasteiger partial charge < -0.3 is 15.7 Å². The summed E-state index contributed by atoms with van der Waals surface area (Å²) in [6.07, 6.45) is 0.826. The summed E-state index contributed by atoms with van der Waals surface area (Å²) < 4.78 is 0. The minimum Gasteiger partial charge on any atom is -0.480 e. The highest BCUT2D eigenvalue weighted by Gasteiger charge is 2.17. The lowest BCUT2D eigenvalue weighted by atomic mass is 10.0. The molecule has 0 bridgehead atoms. The number of carbonyl (C=O) groups is 2. The van der Waals surface area contributed by atoms with Crippen LogP contribution >= 0.6 is 0 Å². The number of hydrogen-bond donors (Lipinski definition) is 3. The van der Waals surface area contributed by atoms with E-state index in [1.54, 1.807) is 0 Å². The molecule has 1 unspecified atom stereocenters. The highest BCUT2D eigenvalue weighted by molar-refractivity contribution is 5.82. The van der Waals surface area contributed by atoms with Gasteiger partial charge in [0.2, 0.25) is 0 Å². The topological polar surface area (TPSA) is 78.4 Å². The monoisotopic (exact) mass is 216 g/mol. The van der Waals surface area contributed by atoms with Crippen LogP contribution in [0.3, 0.4) is 0 Å². The van der Waals surface area contributed by atoms with Crippen LogP contribution in [0.1, 0.15) is 34.1 Å². The van der Waals surface area contributed by atoms with Crippen LogP contribution in [0.15, 0.2) is 0 Å². The number of carboxylic acid groups (broad SMARTS) is 1. The fourth-order valence-electron chi connectivity index (χ4n) is 1.21. The van der Waals surface area contributed by atoms with Crippen LogP contribution in [0.4, 0.5) is 4.79 Å². The van der Waals surface area contributed by atoms with Crippen molar-refractivity contribution in [1.82, 2.24) is 10.6 Å². The summed E-state index contributed by atoms with van der Waals surface area (Å²) >= 11 is 0. The lowest BCUT2D eigenvalue weighted by Gasteiger charge is -2.21. The number of carboxylic acids is 1. The van der Waals surface area contributed by atoms with Gasteiger partial charge in [-0.1, -0.05) is 20.8 Å². The molecule has 0 aliphatic rings. The highest BCUT2D eigenvalue weighted by Crippen LogP contribution is 2.04. The third-order valence-corrected chi connectivity index (χ3v) is 2.28. The number of nitrogens with one attached hydrogen (secondary N) is 2. The van der Waals surface area contributed by atoms with Gasteiger partial charge in [0.25, 0.3) is 0 Å². The second-order valence-corrected chi connectivity index (χ2v) is 3.94. The minimum absolute atomic E-state index is 0.0750. The number of aliphatic carboxylic acids is 1. The van der Waals surface area contributed by atoms with E-state index in [-0.39, 0.29) is 6.04 Å². The Kier molecular flexibility index (Phi) is 5.74. The van der Waals surface area contributed by atoms with Crippen molar-refractivity contribution in [2.75, 3.05) is 0 Å². The Bertz CT molecular complexity index is 229. The first-order valence-corrected chi connectivity index (χ1v) is 5.18. The number of carbonyl (C=O) groups excluding carboxylic acids is 1. The van der Waals surface area contributed by atoms with Crippen LogP contribution in [0.2, 0.25) is 0 Å². The van der Waals surface area contributed by atoms with Gasteiger partial charge in [-0.05, 0) is 19.3 Å². The average Bonchev–Trinajstić information content (AvgIpc) is 2.13. The molecule has 0 aliphatic heterocycles. The summed E-state index contributed by atoms with van der Waals surface area (Å²) in [4.78, 5) is 21.8. The highest BCUT2D eigenvalue weighted by atomic mass is 16.4. The number of hydrogen-bond acceptors (Lipinski definition) is 2. The van der Waals surface area contributed by atoms with Crippen molar-refractivity contribution in [1.29, 1.82) is 0 Å². The molecule has 0 aliphatic carbocycles. The molecule has 15 heavy (non-hydrogen) atoms. The van der Waals surface area contributed by atoms with Crippen molar-refractivity contribution >= 4 is 12.0 Å².